The molecule has 1 aliphatic rings. The molecular weight excluding hydrogens is 222 g/mol. The van der Waals surface area contributed by atoms with Crippen molar-refractivity contribution in [2.75, 3.05) is 6.54 Å². The number of rotatable bonds is 5. The number of nitrogens with zero attached hydrogens (tertiary/aromatic N) is 2. The molecule has 100 valence electrons. The van der Waals surface area contributed by atoms with Gasteiger partial charge in [-0.25, -0.2) is 9.97 Å². The molecule has 1 aromatic heterocycles. The Morgan fingerprint density at radius 3 is 2.22 bits per heavy atom. The third-order valence-corrected chi connectivity index (χ3v) is 3.81. The van der Waals surface area contributed by atoms with E-state index in [0.717, 1.165) is 24.7 Å². The molecule has 0 aromatic carbocycles. The topological polar surface area (TPSA) is 37.8 Å². The van der Waals surface area contributed by atoms with Crippen molar-refractivity contribution in [1.29, 1.82) is 0 Å². The summed E-state index contributed by atoms with van der Waals surface area (Å²) in [5.41, 5.74) is 3.66. The van der Waals surface area contributed by atoms with Gasteiger partial charge in [0.15, 0.2) is 0 Å². The molecule has 1 aromatic rings. The summed E-state index contributed by atoms with van der Waals surface area (Å²) < 4.78 is 0. The van der Waals surface area contributed by atoms with Crippen LogP contribution in [0, 0.1) is 19.8 Å². The summed E-state index contributed by atoms with van der Waals surface area (Å²) in [6.07, 6.45) is 2.28. The zero-order valence-electron chi connectivity index (χ0n) is 12.2. The summed E-state index contributed by atoms with van der Waals surface area (Å²) in [6, 6.07) is 0.540. The van der Waals surface area contributed by atoms with Crippen molar-refractivity contribution in [3.8, 4) is 0 Å². The summed E-state index contributed by atoms with van der Waals surface area (Å²) in [6.45, 7) is 11.9. The molecule has 2 rings (SSSR count). The van der Waals surface area contributed by atoms with Crippen LogP contribution >= 0.6 is 0 Å². The lowest BCUT2D eigenvalue weighted by Crippen LogP contribution is -2.25. The SMILES string of the molecule is Cc1nc(C2CC2C)nc(C)c1CCNC(C)C. The molecule has 1 heterocycles. The zero-order valence-corrected chi connectivity index (χ0v) is 12.2. The van der Waals surface area contributed by atoms with Crippen LogP contribution in [0.1, 0.15) is 55.9 Å². The molecule has 0 radical (unpaired) electrons. The third-order valence-electron chi connectivity index (χ3n) is 3.81. The van der Waals surface area contributed by atoms with E-state index in [9.17, 15) is 0 Å². The van der Waals surface area contributed by atoms with E-state index in [1.807, 2.05) is 0 Å². The highest BCUT2D eigenvalue weighted by Crippen LogP contribution is 2.45. The van der Waals surface area contributed by atoms with Crippen LogP contribution in [0.3, 0.4) is 0 Å². The Balaban J connectivity index is 2.06. The van der Waals surface area contributed by atoms with Gasteiger partial charge >= 0.3 is 0 Å². The fourth-order valence-corrected chi connectivity index (χ4v) is 2.46. The van der Waals surface area contributed by atoms with E-state index in [2.05, 4.69) is 39.9 Å². The van der Waals surface area contributed by atoms with Crippen molar-refractivity contribution < 1.29 is 0 Å². The first-order chi connectivity index (χ1) is 8.49. The molecule has 0 aliphatic heterocycles. The van der Waals surface area contributed by atoms with Gasteiger partial charge in [-0.2, -0.15) is 0 Å². The van der Waals surface area contributed by atoms with Gasteiger partial charge in [0.1, 0.15) is 5.82 Å². The van der Waals surface area contributed by atoms with Crippen LogP contribution < -0.4 is 5.32 Å². The lowest BCUT2D eigenvalue weighted by molar-refractivity contribution is 0.587. The molecule has 18 heavy (non-hydrogen) atoms. The largest absolute Gasteiger partial charge is 0.314 e. The van der Waals surface area contributed by atoms with E-state index < -0.39 is 0 Å². The summed E-state index contributed by atoms with van der Waals surface area (Å²) in [7, 11) is 0. The summed E-state index contributed by atoms with van der Waals surface area (Å²) in [5, 5.41) is 3.45. The molecule has 2 atom stereocenters. The van der Waals surface area contributed by atoms with Gasteiger partial charge in [0.2, 0.25) is 0 Å². The van der Waals surface area contributed by atoms with Crippen LogP contribution in [0.5, 0.6) is 0 Å². The Morgan fingerprint density at radius 2 is 1.78 bits per heavy atom. The summed E-state index contributed by atoms with van der Waals surface area (Å²) in [4.78, 5) is 9.41. The second-order valence-electron chi connectivity index (χ2n) is 5.91. The van der Waals surface area contributed by atoms with Crippen LogP contribution in [-0.2, 0) is 6.42 Å². The van der Waals surface area contributed by atoms with Gasteiger partial charge in [-0.3, -0.25) is 0 Å². The number of nitrogens with one attached hydrogen (secondary N) is 1. The van der Waals surface area contributed by atoms with Gasteiger partial charge in [0, 0.05) is 23.3 Å². The standard InChI is InChI=1S/C15H25N3/c1-9(2)16-7-6-13-11(4)17-15(18-12(13)5)14-8-10(14)3/h9-10,14,16H,6-8H2,1-5H3. The predicted octanol–water partition coefficient (Wildman–Crippen LogP) is 2.76. The van der Waals surface area contributed by atoms with Crippen molar-refractivity contribution in [2.24, 2.45) is 5.92 Å². The summed E-state index contributed by atoms with van der Waals surface area (Å²) >= 11 is 0. The maximum Gasteiger partial charge on any atom is 0.132 e. The lowest BCUT2D eigenvalue weighted by Gasteiger charge is -2.12. The van der Waals surface area contributed by atoms with Crippen molar-refractivity contribution in [3.63, 3.8) is 0 Å². The second kappa shape index (κ2) is 5.35. The minimum atomic E-state index is 0.540. The van der Waals surface area contributed by atoms with Crippen molar-refractivity contribution >= 4 is 0 Å². The maximum atomic E-state index is 4.71. The van der Waals surface area contributed by atoms with Crippen molar-refractivity contribution in [1.82, 2.24) is 15.3 Å². The normalized spacial score (nSPS) is 22.6. The van der Waals surface area contributed by atoms with E-state index in [0.29, 0.717) is 12.0 Å². The second-order valence-corrected chi connectivity index (χ2v) is 5.91. The molecule has 1 fully saturated rings. The molecule has 1 saturated carbocycles. The molecule has 1 aliphatic carbocycles. The monoisotopic (exact) mass is 247 g/mol. The minimum absolute atomic E-state index is 0.540. The van der Waals surface area contributed by atoms with Crippen LogP contribution in [-0.4, -0.2) is 22.6 Å². The molecule has 0 spiro atoms. The Labute approximate surface area is 110 Å². The first-order valence-electron chi connectivity index (χ1n) is 7.06. The van der Waals surface area contributed by atoms with Crippen LogP contribution in [0.25, 0.3) is 0 Å². The van der Waals surface area contributed by atoms with E-state index >= 15 is 0 Å². The maximum absolute atomic E-state index is 4.71. The quantitative estimate of drug-likeness (QED) is 0.869. The first kappa shape index (κ1) is 13.5. The minimum Gasteiger partial charge on any atom is -0.314 e. The molecule has 1 N–H and O–H groups in total. The van der Waals surface area contributed by atoms with Crippen molar-refractivity contribution in [3.05, 3.63) is 22.8 Å². The van der Waals surface area contributed by atoms with Gasteiger partial charge < -0.3 is 5.32 Å². The summed E-state index contributed by atoms with van der Waals surface area (Å²) in [5.74, 6) is 2.46. The number of hydrogen-bond donors (Lipinski definition) is 1. The smallest absolute Gasteiger partial charge is 0.132 e. The molecule has 2 unspecified atom stereocenters. The highest BCUT2D eigenvalue weighted by molar-refractivity contribution is 5.26. The Hall–Kier alpha value is -0.960. The average molecular weight is 247 g/mol. The zero-order chi connectivity index (χ0) is 13.3. The molecule has 0 bridgehead atoms. The average Bonchev–Trinajstić information content (AvgIpc) is 2.99. The fourth-order valence-electron chi connectivity index (χ4n) is 2.46. The molecule has 0 amide bonds. The molecule has 3 heteroatoms. The third kappa shape index (κ3) is 3.08. The fraction of sp³-hybridized carbons (Fsp3) is 0.733. The van der Waals surface area contributed by atoms with Gasteiger partial charge in [0.05, 0.1) is 0 Å². The Morgan fingerprint density at radius 1 is 1.22 bits per heavy atom. The molecule has 3 nitrogen and oxygen atoms in total. The van der Waals surface area contributed by atoms with Crippen LogP contribution in [0.4, 0.5) is 0 Å². The Bertz CT molecular complexity index is 403. The highest BCUT2D eigenvalue weighted by Gasteiger charge is 2.36. The van der Waals surface area contributed by atoms with E-state index in [-0.39, 0.29) is 0 Å². The van der Waals surface area contributed by atoms with Gasteiger partial charge in [0.25, 0.3) is 0 Å². The van der Waals surface area contributed by atoms with Gasteiger partial charge in [-0.1, -0.05) is 20.8 Å². The van der Waals surface area contributed by atoms with E-state index in [1.165, 1.54) is 23.4 Å². The molecular formula is C15H25N3. The van der Waals surface area contributed by atoms with Crippen molar-refractivity contribution in [2.45, 2.75) is 59.4 Å². The van der Waals surface area contributed by atoms with E-state index in [4.69, 9.17) is 9.97 Å². The van der Waals surface area contributed by atoms with Crippen LogP contribution in [0.2, 0.25) is 0 Å². The Kier molecular flexibility index (Phi) is 4.00. The van der Waals surface area contributed by atoms with Gasteiger partial charge in [-0.15, -0.1) is 0 Å². The lowest BCUT2D eigenvalue weighted by atomic mass is 10.1. The highest BCUT2D eigenvalue weighted by atomic mass is 14.9. The molecule has 0 saturated heterocycles. The number of aryl methyl sites for hydroxylation is 2. The van der Waals surface area contributed by atoms with E-state index in [1.54, 1.807) is 0 Å². The van der Waals surface area contributed by atoms with Gasteiger partial charge in [-0.05, 0) is 44.7 Å². The first-order valence-corrected chi connectivity index (χ1v) is 7.06. The predicted molar refractivity (Wildman–Crippen MR) is 74.9 cm³/mol. The number of hydrogen-bond acceptors (Lipinski definition) is 3. The van der Waals surface area contributed by atoms with Crippen LogP contribution in [0.15, 0.2) is 0 Å². The number of aromatic nitrogens is 2.